The van der Waals surface area contributed by atoms with Crippen molar-refractivity contribution in [2.75, 3.05) is 50.8 Å². The van der Waals surface area contributed by atoms with E-state index in [0.717, 1.165) is 75.9 Å². The molecule has 8 nitrogen and oxygen atoms in total. The van der Waals surface area contributed by atoms with E-state index in [4.69, 9.17) is 9.72 Å². The number of aromatic nitrogens is 2. The Morgan fingerprint density at radius 3 is 2.63 bits per heavy atom. The summed E-state index contributed by atoms with van der Waals surface area (Å²) in [5.74, 6) is 2.22. The molecular formula is C22H29N5O3. The van der Waals surface area contributed by atoms with Crippen LogP contribution < -0.4 is 4.90 Å². The van der Waals surface area contributed by atoms with Crippen molar-refractivity contribution in [1.29, 1.82) is 0 Å². The quantitative estimate of drug-likeness (QED) is 0.533. The molecule has 1 unspecified atom stereocenters. The number of rotatable bonds is 6. The Morgan fingerprint density at radius 1 is 1.17 bits per heavy atom. The zero-order valence-electron chi connectivity index (χ0n) is 17.5. The molecule has 0 radical (unpaired) electrons. The van der Waals surface area contributed by atoms with Gasteiger partial charge in [-0.2, -0.15) is 0 Å². The molecule has 0 aliphatic carbocycles. The first-order chi connectivity index (χ1) is 14.6. The maximum absolute atomic E-state index is 10.9. The van der Waals surface area contributed by atoms with E-state index in [2.05, 4.69) is 27.8 Å². The van der Waals surface area contributed by atoms with Crippen molar-refractivity contribution in [3.05, 3.63) is 46.1 Å². The van der Waals surface area contributed by atoms with Crippen molar-refractivity contribution in [2.45, 2.75) is 26.2 Å². The highest BCUT2D eigenvalue weighted by atomic mass is 16.6. The molecular weight excluding hydrogens is 382 g/mol. The number of benzene rings is 1. The lowest BCUT2D eigenvalue weighted by atomic mass is 9.97. The molecule has 2 aliphatic rings. The number of aryl methyl sites for hydroxylation is 1. The fourth-order valence-electron chi connectivity index (χ4n) is 4.26. The zero-order valence-corrected chi connectivity index (χ0v) is 17.5. The van der Waals surface area contributed by atoms with Crippen LogP contribution in [0.5, 0.6) is 0 Å². The zero-order chi connectivity index (χ0) is 20.9. The van der Waals surface area contributed by atoms with Crippen LogP contribution in [0, 0.1) is 16.0 Å². The van der Waals surface area contributed by atoms with Crippen LogP contribution in [0.2, 0.25) is 0 Å². The fourth-order valence-corrected chi connectivity index (χ4v) is 4.26. The Kier molecular flexibility index (Phi) is 6.54. The van der Waals surface area contributed by atoms with Crippen molar-refractivity contribution in [1.82, 2.24) is 14.9 Å². The molecule has 0 saturated carbocycles. The van der Waals surface area contributed by atoms with Crippen molar-refractivity contribution in [3.63, 3.8) is 0 Å². The van der Waals surface area contributed by atoms with Gasteiger partial charge in [0.2, 0.25) is 0 Å². The highest BCUT2D eigenvalue weighted by Crippen LogP contribution is 2.26. The summed E-state index contributed by atoms with van der Waals surface area (Å²) in [6.07, 6.45) is 3.22. The average Bonchev–Trinajstić information content (AvgIpc) is 2.79. The van der Waals surface area contributed by atoms with Gasteiger partial charge in [0.1, 0.15) is 5.82 Å². The number of anilines is 1. The molecule has 2 saturated heterocycles. The lowest BCUT2D eigenvalue weighted by molar-refractivity contribution is -0.384. The summed E-state index contributed by atoms with van der Waals surface area (Å²) in [5, 5.41) is 10.9. The van der Waals surface area contributed by atoms with E-state index < -0.39 is 0 Å². The Bertz CT molecular complexity index is 868. The first-order valence-electron chi connectivity index (χ1n) is 10.8. The minimum Gasteiger partial charge on any atom is -0.379 e. The summed E-state index contributed by atoms with van der Waals surface area (Å²) in [4.78, 5) is 25.0. The van der Waals surface area contributed by atoms with Crippen molar-refractivity contribution in [3.8, 4) is 11.4 Å². The predicted octanol–water partition coefficient (Wildman–Crippen LogP) is 3.16. The van der Waals surface area contributed by atoms with Crippen molar-refractivity contribution < 1.29 is 9.66 Å². The number of hydrogen-bond acceptors (Lipinski definition) is 7. The lowest BCUT2D eigenvalue weighted by Gasteiger charge is -2.37. The minimum atomic E-state index is -0.388. The van der Waals surface area contributed by atoms with Gasteiger partial charge in [0, 0.05) is 62.2 Å². The van der Waals surface area contributed by atoms with E-state index in [1.807, 2.05) is 0 Å². The van der Waals surface area contributed by atoms with Gasteiger partial charge in [0.05, 0.1) is 18.1 Å². The van der Waals surface area contributed by atoms with Crippen LogP contribution in [0.25, 0.3) is 11.4 Å². The molecule has 0 spiro atoms. The van der Waals surface area contributed by atoms with E-state index >= 15 is 0 Å². The molecule has 30 heavy (non-hydrogen) atoms. The number of piperidine rings is 1. The predicted molar refractivity (Wildman–Crippen MR) is 116 cm³/mol. The molecule has 3 heterocycles. The van der Waals surface area contributed by atoms with Crippen LogP contribution in [0.15, 0.2) is 30.3 Å². The lowest BCUT2D eigenvalue weighted by Crippen LogP contribution is -2.44. The van der Waals surface area contributed by atoms with Gasteiger partial charge in [-0.15, -0.1) is 0 Å². The van der Waals surface area contributed by atoms with Crippen molar-refractivity contribution in [2.24, 2.45) is 5.92 Å². The Morgan fingerprint density at radius 2 is 1.93 bits per heavy atom. The molecule has 1 atom stereocenters. The van der Waals surface area contributed by atoms with E-state index in [0.29, 0.717) is 11.7 Å². The second-order valence-electron chi connectivity index (χ2n) is 8.07. The van der Waals surface area contributed by atoms with E-state index in [1.54, 1.807) is 12.1 Å². The maximum Gasteiger partial charge on any atom is 0.269 e. The molecule has 0 amide bonds. The molecule has 160 valence electrons. The van der Waals surface area contributed by atoms with Gasteiger partial charge in [0.25, 0.3) is 5.69 Å². The fraction of sp³-hybridized carbons (Fsp3) is 0.545. The topological polar surface area (TPSA) is 84.6 Å². The molecule has 0 N–H and O–H groups in total. The second-order valence-corrected chi connectivity index (χ2v) is 8.07. The van der Waals surface area contributed by atoms with Crippen LogP contribution in [-0.4, -0.2) is 65.7 Å². The number of nitro benzene ring substituents is 1. The number of hydrogen-bond donors (Lipinski definition) is 0. The smallest absolute Gasteiger partial charge is 0.269 e. The summed E-state index contributed by atoms with van der Waals surface area (Å²) in [6.45, 7) is 8.91. The number of nitrogens with zero attached hydrogens (tertiary/aromatic N) is 5. The molecule has 2 fully saturated rings. The summed E-state index contributed by atoms with van der Waals surface area (Å²) in [7, 11) is 0. The molecule has 1 aromatic carbocycles. The molecule has 8 heteroatoms. The SMILES string of the molecule is CCc1cc(N2CCCC(CN3CCOCC3)C2)nc(-c2ccc([N+](=O)[O-])cc2)n1. The standard InChI is InChI=1S/C22H29N5O3/c1-2-19-14-21(24-22(23-19)18-5-7-20(8-6-18)27(28)29)26-9-3-4-17(16-26)15-25-10-12-30-13-11-25/h5-8,14,17H,2-4,9-13,15-16H2,1H3. The average molecular weight is 412 g/mol. The Balaban J connectivity index is 1.52. The first kappa shape index (κ1) is 20.7. The highest BCUT2D eigenvalue weighted by molar-refractivity contribution is 5.60. The number of morpholine rings is 1. The monoisotopic (exact) mass is 411 g/mol. The molecule has 2 aromatic rings. The third-order valence-corrected chi connectivity index (χ3v) is 5.93. The second kappa shape index (κ2) is 9.49. The van der Waals surface area contributed by atoms with Crippen LogP contribution in [-0.2, 0) is 11.2 Å². The molecule has 0 bridgehead atoms. The highest BCUT2D eigenvalue weighted by Gasteiger charge is 2.24. The largest absolute Gasteiger partial charge is 0.379 e. The summed E-state index contributed by atoms with van der Waals surface area (Å²) in [6, 6.07) is 8.57. The van der Waals surface area contributed by atoms with Gasteiger partial charge in [-0.1, -0.05) is 6.92 Å². The first-order valence-corrected chi connectivity index (χ1v) is 10.8. The Hall–Kier alpha value is -2.58. The number of ether oxygens (including phenoxy) is 1. The molecule has 2 aliphatic heterocycles. The van der Waals surface area contributed by atoms with Gasteiger partial charge >= 0.3 is 0 Å². The van der Waals surface area contributed by atoms with Crippen LogP contribution >= 0.6 is 0 Å². The summed E-state index contributed by atoms with van der Waals surface area (Å²) in [5.41, 5.74) is 1.87. The van der Waals surface area contributed by atoms with Crippen LogP contribution in [0.4, 0.5) is 11.5 Å². The third kappa shape index (κ3) is 4.94. The summed E-state index contributed by atoms with van der Waals surface area (Å²) >= 11 is 0. The van der Waals surface area contributed by atoms with Gasteiger partial charge in [0.15, 0.2) is 5.82 Å². The van der Waals surface area contributed by atoms with E-state index in [-0.39, 0.29) is 10.6 Å². The Labute approximate surface area is 177 Å². The molecule has 4 rings (SSSR count). The number of non-ortho nitro benzene ring substituents is 1. The van der Waals surface area contributed by atoms with Crippen LogP contribution in [0.3, 0.4) is 0 Å². The third-order valence-electron chi connectivity index (χ3n) is 5.93. The molecule has 1 aromatic heterocycles. The minimum absolute atomic E-state index is 0.0765. The van der Waals surface area contributed by atoms with Gasteiger partial charge in [-0.25, -0.2) is 9.97 Å². The van der Waals surface area contributed by atoms with Crippen molar-refractivity contribution >= 4 is 11.5 Å². The van der Waals surface area contributed by atoms with E-state index in [1.165, 1.54) is 18.6 Å². The van der Waals surface area contributed by atoms with E-state index in [9.17, 15) is 10.1 Å². The summed E-state index contributed by atoms with van der Waals surface area (Å²) < 4.78 is 5.47. The number of nitro groups is 1. The van der Waals surface area contributed by atoms with Gasteiger partial charge < -0.3 is 9.64 Å². The maximum atomic E-state index is 10.9. The normalized spacial score (nSPS) is 20.3. The van der Waals surface area contributed by atoms with Gasteiger partial charge in [-0.3, -0.25) is 15.0 Å². The van der Waals surface area contributed by atoms with Gasteiger partial charge in [-0.05, 0) is 37.3 Å². The van der Waals surface area contributed by atoms with Crippen LogP contribution in [0.1, 0.15) is 25.5 Å².